The second-order valence-corrected chi connectivity index (χ2v) is 7.29. The minimum Gasteiger partial charge on any atom is -0.364 e. The van der Waals surface area contributed by atoms with Crippen LogP contribution in [-0.2, 0) is 0 Å². The molecule has 1 aliphatic rings. The molecule has 0 radical (unpaired) electrons. The highest BCUT2D eigenvalue weighted by Crippen LogP contribution is 2.38. The fourth-order valence-corrected chi connectivity index (χ4v) is 3.63. The van der Waals surface area contributed by atoms with Crippen molar-refractivity contribution in [2.45, 2.75) is 39.2 Å². The molecule has 5 nitrogen and oxygen atoms in total. The first-order chi connectivity index (χ1) is 12.1. The van der Waals surface area contributed by atoms with Crippen LogP contribution in [0.25, 0.3) is 22.4 Å². The normalized spacial score (nSPS) is 15.5. The summed E-state index contributed by atoms with van der Waals surface area (Å²) in [6, 6.07) is 5.68. The van der Waals surface area contributed by atoms with Gasteiger partial charge in [-0.25, -0.2) is 9.97 Å². The Hall–Kier alpha value is -1.85. The lowest BCUT2D eigenvalue weighted by atomic mass is 10.1. The van der Waals surface area contributed by atoms with Gasteiger partial charge < -0.3 is 9.84 Å². The standard InChI is InChI=1S/C18H18Cl2N4O/c1-3-14(10-4-5-10)23-18-17-16(21-9(2)22-18)15(24-25-17)12-7-6-11(19)8-13(12)20/h6-8,10,14H,3-5H2,1-2H3,(H,21,22,23). The van der Waals surface area contributed by atoms with Crippen molar-refractivity contribution >= 4 is 40.1 Å². The van der Waals surface area contributed by atoms with Gasteiger partial charge in [-0.3, -0.25) is 0 Å². The van der Waals surface area contributed by atoms with Crippen molar-refractivity contribution in [3.63, 3.8) is 0 Å². The molecule has 0 aliphatic heterocycles. The van der Waals surface area contributed by atoms with Gasteiger partial charge >= 0.3 is 0 Å². The predicted octanol–water partition coefficient (Wildman–Crippen LogP) is 5.50. The molecule has 4 rings (SSSR count). The molecule has 0 saturated heterocycles. The molecule has 130 valence electrons. The summed E-state index contributed by atoms with van der Waals surface area (Å²) in [5.74, 6) is 2.07. The summed E-state index contributed by atoms with van der Waals surface area (Å²) in [5, 5.41) is 8.82. The van der Waals surface area contributed by atoms with Crippen LogP contribution in [0.3, 0.4) is 0 Å². The number of aromatic nitrogens is 3. The maximum Gasteiger partial charge on any atom is 0.228 e. The number of anilines is 1. The van der Waals surface area contributed by atoms with E-state index in [1.165, 1.54) is 12.8 Å². The van der Waals surface area contributed by atoms with Gasteiger partial charge in [0.2, 0.25) is 5.58 Å². The summed E-state index contributed by atoms with van der Waals surface area (Å²) < 4.78 is 5.59. The first-order valence-electron chi connectivity index (χ1n) is 8.42. The molecule has 2 heterocycles. The third kappa shape index (κ3) is 3.18. The number of fused-ring (bicyclic) bond motifs is 1. The summed E-state index contributed by atoms with van der Waals surface area (Å²) in [6.07, 6.45) is 3.57. The Kier molecular flexibility index (Phi) is 4.29. The van der Waals surface area contributed by atoms with E-state index in [-0.39, 0.29) is 0 Å². The lowest BCUT2D eigenvalue weighted by Gasteiger charge is -2.16. The van der Waals surface area contributed by atoms with E-state index < -0.39 is 0 Å². The number of rotatable bonds is 5. The van der Waals surface area contributed by atoms with Crippen molar-refractivity contribution in [2.75, 3.05) is 5.32 Å². The molecule has 25 heavy (non-hydrogen) atoms. The molecule has 2 aromatic heterocycles. The quantitative estimate of drug-likeness (QED) is 0.636. The van der Waals surface area contributed by atoms with E-state index in [1.54, 1.807) is 12.1 Å². The van der Waals surface area contributed by atoms with Gasteiger partial charge in [-0.05, 0) is 50.3 Å². The zero-order valence-corrected chi connectivity index (χ0v) is 15.5. The van der Waals surface area contributed by atoms with Gasteiger partial charge in [0.05, 0.1) is 5.02 Å². The first-order valence-corrected chi connectivity index (χ1v) is 9.18. The van der Waals surface area contributed by atoms with Gasteiger partial charge in [-0.2, -0.15) is 0 Å². The number of aryl methyl sites for hydroxylation is 1. The Morgan fingerprint density at radius 3 is 2.76 bits per heavy atom. The highest BCUT2D eigenvalue weighted by Gasteiger charge is 2.31. The van der Waals surface area contributed by atoms with E-state index in [4.69, 9.17) is 27.7 Å². The van der Waals surface area contributed by atoms with E-state index in [2.05, 4.69) is 27.4 Å². The molecular weight excluding hydrogens is 359 g/mol. The van der Waals surface area contributed by atoms with Crippen LogP contribution in [0.5, 0.6) is 0 Å². The maximum absolute atomic E-state index is 6.33. The van der Waals surface area contributed by atoms with Crippen molar-refractivity contribution in [2.24, 2.45) is 5.92 Å². The van der Waals surface area contributed by atoms with E-state index in [0.29, 0.717) is 50.4 Å². The van der Waals surface area contributed by atoms with E-state index in [0.717, 1.165) is 12.0 Å². The number of halogens is 2. The smallest absolute Gasteiger partial charge is 0.228 e. The highest BCUT2D eigenvalue weighted by atomic mass is 35.5. The van der Waals surface area contributed by atoms with E-state index in [1.807, 2.05) is 13.0 Å². The van der Waals surface area contributed by atoms with Gasteiger partial charge in [-0.15, -0.1) is 0 Å². The Balaban J connectivity index is 1.80. The monoisotopic (exact) mass is 376 g/mol. The predicted molar refractivity (Wildman–Crippen MR) is 100 cm³/mol. The average Bonchev–Trinajstić information content (AvgIpc) is 3.33. The lowest BCUT2D eigenvalue weighted by molar-refractivity contribution is 0.458. The molecule has 7 heteroatoms. The summed E-state index contributed by atoms with van der Waals surface area (Å²) in [6.45, 7) is 4.05. The molecule has 1 aromatic carbocycles. The highest BCUT2D eigenvalue weighted by molar-refractivity contribution is 6.36. The van der Waals surface area contributed by atoms with Crippen molar-refractivity contribution in [3.05, 3.63) is 34.1 Å². The molecular formula is C18H18Cl2N4O. The SMILES string of the molecule is CCC(Nc1nc(C)nc2c(-c3ccc(Cl)cc3Cl)noc12)C1CC1. The van der Waals surface area contributed by atoms with Crippen LogP contribution < -0.4 is 5.32 Å². The van der Waals surface area contributed by atoms with Gasteiger partial charge in [-0.1, -0.05) is 35.3 Å². The number of hydrogen-bond acceptors (Lipinski definition) is 5. The first kappa shape index (κ1) is 16.6. The van der Waals surface area contributed by atoms with Crippen LogP contribution in [0.1, 0.15) is 32.0 Å². The van der Waals surface area contributed by atoms with Gasteiger partial charge in [0, 0.05) is 16.6 Å². The van der Waals surface area contributed by atoms with Crippen LogP contribution in [0.2, 0.25) is 10.0 Å². The molecule has 1 atom stereocenters. The number of benzene rings is 1. The second kappa shape index (κ2) is 6.46. The molecule has 0 bridgehead atoms. The minimum atomic E-state index is 0.394. The van der Waals surface area contributed by atoms with E-state index in [9.17, 15) is 0 Å². The fourth-order valence-electron chi connectivity index (χ4n) is 3.13. The molecule has 1 aliphatic carbocycles. The van der Waals surface area contributed by atoms with Gasteiger partial charge in [0.1, 0.15) is 17.0 Å². The van der Waals surface area contributed by atoms with Gasteiger partial charge in [0.25, 0.3) is 0 Å². The number of nitrogens with one attached hydrogen (secondary N) is 1. The zero-order valence-electron chi connectivity index (χ0n) is 14.0. The molecule has 1 N–H and O–H groups in total. The van der Waals surface area contributed by atoms with Crippen molar-refractivity contribution in [1.82, 2.24) is 15.1 Å². The molecule has 0 spiro atoms. The molecule has 1 saturated carbocycles. The van der Waals surface area contributed by atoms with Crippen LogP contribution in [-0.4, -0.2) is 21.2 Å². The Morgan fingerprint density at radius 1 is 1.28 bits per heavy atom. The van der Waals surface area contributed by atoms with E-state index >= 15 is 0 Å². The Labute approximate surface area is 155 Å². The number of hydrogen-bond donors (Lipinski definition) is 1. The second-order valence-electron chi connectivity index (χ2n) is 6.45. The van der Waals surface area contributed by atoms with Crippen LogP contribution >= 0.6 is 23.2 Å². The van der Waals surface area contributed by atoms with Gasteiger partial charge in [0.15, 0.2) is 5.82 Å². The Bertz CT molecular complexity index is 936. The van der Waals surface area contributed by atoms with Crippen LogP contribution in [0.4, 0.5) is 5.82 Å². The molecule has 0 amide bonds. The average molecular weight is 377 g/mol. The topological polar surface area (TPSA) is 63.8 Å². The molecule has 1 fully saturated rings. The van der Waals surface area contributed by atoms with Crippen molar-refractivity contribution in [3.8, 4) is 11.3 Å². The lowest BCUT2D eigenvalue weighted by Crippen LogP contribution is -2.21. The van der Waals surface area contributed by atoms with Crippen molar-refractivity contribution < 1.29 is 4.52 Å². The minimum absolute atomic E-state index is 0.394. The third-order valence-electron chi connectivity index (χ3n) is 4.57. The van der Waals surface area contributed by atoms with Crippen molar-refractivity contribution in [1.29, 1.82) is 0 Å². The third-order valence-corrected chi connectivity index (χ3v) is 5.12. The summed E-state index contributed by atoms with van der Waals surface area (Å²) in [4.78, 5) is 9.06. The summed E-state index contributed by atoms with van der Waals surface area (Å²) >= 11 is 12.3. The fraction of sp³-hybridized carbons (Fsp3) is 0.389. The summed E-state index contributed by atoms with van der Waals surface area (Å²) in [5.41, 5.74) is 2.56. The van der Waals surface area contributed by atoms with Crippen LogP contribution in [0, 0.1) is 12.8 Å². The maximum atomic E-state index is 6.33. The Morgan fingerprint density at radius 2 is 2.08 bits per heavy atom. The van der Waals surface area contributed by atoms with Crippen LogP contribution in [0.15, 0.2) is 22.7 Å². The summed E-state index contributed by atoms with van der Waals surface area (Å²) in [7, 11) is 0. The molecule has 3 aromatic rings. The molecule has 1 unspecified atom stereocenters. The zero-order chi connectivity index (χ0) is 17.6. The number of nitrogens with zero attached hydrogens (tertiary/aromatic N) is 3. The largest absolute Gasteiger partial charge is 0.364 e.